The zero-order valence-corrected chi connectivity index (χ0v) is 19.6. The van der Waals surface area contributed by atoms with Crippen molar-refractivity contribution in [2.75, 3.05) is 29.9 Å². The van der Waals surface area contributed by atoms with Crippen LogP contribution in [0.5, 0.6) is 0 Å². The van der Waals surface area contributed by atoms with Crippen molar-refractivity contribution < 1.29 is 19.1 Å². The minimum atomic E-state index is -0.466. The molecule has 1 aliphatic rings. The van der Waals surface area contributed by atoms with E-state index in [2.05, 4.69) is 27.7 Å². The normalized spacial score (nSPS) is 11.7. The van der Waals surface area contributed by atoms with Gasteiger partial charge in [0.05, 0.1) is 17.8 Å². The highest BCUT2D eigenvalue weighted by atomic mass is 32.2. The lowest BCUT2D eigenvalue weighted by molar-refractivity contribution is -0.147. The van der Waals surface area contributed by atoms with E-state index in [1.54, 1.807) is 36.0 Å². The van der Waals surface area contributed by atoms with Gasteiger partial charge in [-0.05, 0) is 49.4 Å². The van der Waals surface area contributed by atoms with E-state index in [1.165, 1.54) is 0 Å². The van der Waals surface area contributed by atoms with Gasteiger partial charge in [0.15, 0.2) is 6.61 Å². The molecule has 0 spiro atoms. The van der Waals surface area contributed by atoms with Crippen LogP contribution >= 0.6 is 11.8 Å². The first kappa shape index (κ1) is 23.4. The van der Waals surface area contributed by atoms with Crippen LogP contribution in [0.15, 0.2) is 82.6 Å². The average molecular weight is 476 g/mol. The number of hydrogen-bond acceptors (Lipinski definition) is 6. The minimum Gasteiger partial charge on any atom is -0.456 e. The van der Waals surface area contributed by atoms with Gasteiger partial charge in [-0.15, -0.1) is 0 Å². The number of fused-ring (bicyclic) bond motifs is 2. The Hall–Kier alpha value is -3.78. The number of rotatable bonds is 8. The van der Waals surface area contributed by atoms with Crippen LogP contribution in [-0.2, 0) is 14.3 Å². The number of para-hydroxylation sites is 2. The predicted octanol–water partition coefficient (Wildman–Crippen LogP) is 4.61. The standard InChI is InChI=1S/C26H25N3O4S/c1-2-27-26(32)18-8-7-9-19(16-18)28-24(30)17-33-25(31)14-15-29-20-10-3-5-12-22(20)34-23-13-6-4-11-21(23)29/h3-13,16H,2,14-15,17H2,1H3,(H,27,32)(H,28,30). The molecule has 0 radical (unpaired) electrons. The van der Waals surface area contributed by atoms with Gasteiger partial charge < -0.3 is 20.3 Å². The van der Waals surface area contributed by atoms with E-state index in [4.69, 9.17) is 4.74 Å². The largest absolute Gasteiger partial charge is 0.456 e. The van der Waals surface area contributed by atoms with Gasteiger partial charge in [-0.25, -0.2) is 0 Å². The number of amides is 2. The monoisotopic (exact) mass is 475 g/mol. The van der Waals surface area contributed by atoms with Crippen LogP contribution in [0, 0.1) is 0 Å². The predicted molar refractivity (Wildman–Crippen MR) is 133 cm³/mol. The molecule has 1 heterocycles. The second-order valence-corrected chi connectivity index (χ2v) is 8.67. The molecule has 0 saturated heterocycles. The van der Waals surface area contributed by atoms with Crippen molar-refractivity contribution in [1.29, 1.82) is 0 Å². The van der Waals surface area contributed by atoms with E-state index in [1.807, 2.05) is 43.3 Å². The average Bonchev–Trinajstić information content (AvgIpc) is 2.85. The fourth-order valence-corrected chi connectivity index (χ4v) is 4.74. The Morgan fingerprint density at radius 3 is 2.26 bits per heavy atom. The van der Waals surface area contributed by atoms with E-state index in [0.717, 1.165) is 21.2 Å². The lowest BCUT2D eigenvalue weighted by Gasteiger charge is -2.32. The summed E-state index contributed by atoms with van der Waals surface area (Å²) < 4.78 is 5.20. The molecule has 8 heteroatoms. The van der Waals surface area contributed by atoms with Crippen molar-refractivity contribution >= 4 is 46.6 Å². The summed E-state index contributed by atoms with van der Waals surface area (Å²) in [6.45, 7) is 2.38. The zero-order chi connectivity index (χ0) is 23.9. The second-order valence-electron chi connectivity index (χ2n) is 7.59. The summed E-state index contributed by atoms with van der Waals surface area (Å²) in [4.78, 5) is 41.0. The van der Waals surface area contributed by atoms with Crippen molar-refractivity contribution in [1.82, 2.24) is 5.32 Å². The molecule has 34 heavy (non-hydrogen) atoms. The Balaban J connectivity index is 1.31. The molecule has 0 aliphatic carbocycles. The van der Waals surface area contributed by atoms with Gasteiger partial charge in [0.2, 0.25) is 0 Å². The van der Waals surface area contributed by atoms with Crippen molar-refractivity contribution in [2.24, 2.45) is 0 Å². The fraction of sp³-hybridized carbons (Fsp3) is 0.192. The summed E-state index contributed by atoms with van der Waals surface area (Å²) >= 11 is 1.71. The summed E-state index contributed by atoms with van der Waals surface area (Å²) in [5.41, 5.74) is 2.99. The molecule has 7 nitrogen and oxygen atoms in total. The number of hydrogen-bond donors (Lipinski definition) is 2. The Kier molecular flexibility index (Phi) is 7.49. The number of esters is 1. The first-order valence-corrected chi connectivity index (χ1v) is 11.8. The highest BCUT2D eigenvalue weighted by molar-refractivity contribution is 7.99. The number of carbonyl (C=O) groups is 3. The number of ether oxygens (including phenoxy) is 1. The minimum absolute atomic E-state index is 0.132. The van der Waals surface area contributed by atoms with Crippen LogP contribution in [0.25, 0.3) is 0 Å². The second kappa shape index (κ2) is 10.9. The third-order valence-electron chi connectivity index (χ3n) is 5.18. The lowest BCUT2D eigenvalue weighted by atomic mass is 10.2. The lowest BCUT2D eigenvalue weighted by Crippen LogP contribution is -2.26. The van der Waals surface area contributed by atoms with Crippen molar-refractivity contribution in [2.45, 2.75) is 23.1 Å². The van der Waals surface area contributed by atoms with E-state index < -0.39 is 18.5 Å². The highest BCUT2D eigenvalue weighted by Gasteiger charge is 2.23. The fourth-order valence-electron chi connectivity index (χ4n) is 3.64. The van der Waals surface area contributed by atoms with Gasteiger partial charge in [-0.1, -0.05) is 42.1 Å². The quantitative estimate of drug-likeness (QED) is 0.463. The molecule has 1 aliphatic heterocycles. The molecular weight excluding hydrogens is 450 g/mol. The molecule has 174 valence electrons. The van der Waals surface area contributed by atoms with Crippen molar-refractivity contribution in [3.8, 4) is 0 Å². The van der Waals surface area contributed by atoms with Crippen molar-refractivity contribution in [3.05, 3.63) is 78.4 Å². The van der Waals surface area contributed by atoms with E-state index in [9.17, 15) is 14.4 Å². The summed E-state index contributed by atoms with van der Waals surface area (Å²) in [5, 5.41) is 5.37. The summed E-state index contributed by atoms with van der Waals surface area (Å²) in [7, 11) is 0. The van der Waals surface area contributed by atoms with Gasteiger partial charge >= 0.3 is 5.97 Å². The Morgan fingerprint density at radius 2 is 1.59 bits per heavy atom. The Labute approximate surface area is 202 Å². The van der Waals surface area contributed by atoms with Gasteiger partial charge in [-0.3, -0.25) is 14.4 Å². The van der Waals surface area contributed by atoms with Gasteiger partial charge in [0, 0.05) is 34.1 Å². The first-order valence-electron chi connectivity index (χ1n) is 11.0. The molecule has 3 aromatic rings. The van der Waals surface area contributed by atoms with Crippen molar-refractivity contribution in [3.63, 3.8) is 0 Å². The number of nitrogens with one attached hydrogen (secondary N) is 2. The van der Waals surface area contributed by atoms with Gasteiger partial charge in [0.25, 0.3) is 11.8 Å². The maximum atomic E-state index is 12.4. The third-order valence-corrected chi connectivity index (χ3v) is 6.31. The molecule has 0 atom stereocenters. The summed E-state index contributed by atoms with van der Waals surface area (Å²) in [5.74, 6) is -1.14. The summed E-state index contributed by atoms with van der Waals surface area (Å²) in [6, 6.07) is 22.7. The van der Waals surface area contributed by atoms with Gasteiger partial charge in [-0.2, -0.15) is 0 Å². The molecule has 3 aromatic carbocycles. The molecule has 2 amide bonds. The molecule has 0 unspecified atom stereocenters. The zero-order valence-electron chi connectivity index (χ0n) is 18.7. The van der Waals surface area contributed by atoms with Crippen LogP contribution < -0.4 is 15.5 Å². The van der Waals surface area contributed by atoms with E-state index >= 15 is 0 Å². The van der Waals surface area contributed by atoms with E-state index in [0.29, 0.717) is 24.3 Å². The Bertz CT molecular complexity index is 1170. The van der Waals surface area contributed by atoms with E-state index in [-0.39, 0.29) is 12.3 Å². The third kappa shape index (κ3) is 5.58. The maximum Gasteiger partial charge on any atom is 0.308 e. The SMILES string of the molecule is CCNC(=O)c1cccc(NC(=O)COC(=O)CCN2c3ccccc3Sc3ccccc32)c1. The number of carbonyl (C=O) groups excluding carboxylic acids is 3. The van der Waals surface area contributed by atoms with Gasteiger partial charge in [0.1, 0.15) is 0 Å². The Morgan fingerprint density at radius 1 is 0.912 bits per heavy atom. The van der Waals surface area contributed by atoms with Crippen LogP contribution in [0.3, 0.4) is 0 Å². The molecular formula is C26H25N3O4S. The maximum absolute atomic E-state index is 12.4. The van der Waals surface area contributed by atoms with Crippen LogP contribution in [0.2, 0.25) is 0 Å². The molecule has 0 saturated carbocycles. The number of benzene rings is 3. The molecule has 0 aromatic heterocycles. The first-order chi connectivity index (χ1) is 16.5. The molecule has 4 rings (SSSR count). The smallest absolute Gasteiger partial charge is 0.308 e. The van der Waals surface area contributed by atoms with Crippen LogP contribution in [0.1, 0.15) is 23.7 Å². The topological polar surface area (TPSA) is 87.7 Å². The summed E-state index contributed by atoms with van der Waals surface area (Å²) in [6.07, 6.45) is 0.132. The molecule has 0 bridgehead atoms. The highest BCUT2D eigenvalue weighted by Crippen LogP contribution is 2.47. The number of nitrogens with zero attached hydrogens (tertiary/aromatic N) is 1. The molecule has 0 fully saturated rings. The van der Waals surface area contributed by atoms with Crippen LogP contribution in [-0.4, -0.2) is 37.5 Å². The van der Waals surface area contributed by atoms with Crippen LogP contribution in [0.4, 0.5) is 17.1 Å². The molecule has 2 N–H and O–H groups in total. The number of anilines is 3.